The molecule has 0 spiro atoms. The minimum atomic E-state index is -3.63. The Morgan fingerprint density at radius 3 is 1.71 bits per heavy atom. The van der Waals surface area contributed by atoms with Crippen molar-refractivity contribution in [1.82, 2.24) is 0 Å². The van der Waals surface area contributed by atoms with E-state index in [2.05, 4.69) is 0 Å². The van der Waals surface area contributed by atoms with Gasteiger partial charge in [-0.2, -0.15) is 4.11 Å². The summed E-state index contributed by atoms with van der Waals surface area (Å²) < 4.78 is 18.6. The zero-order valence-electron chi connectivity index (χ0n) is 8.44. The van der Waals surface area contributed by atoms with Crippen LogP contribution in [0.15, 0.2) is 0 Å². The average molecular weight is 138 g/mol. The minimum absolute atomic E-state index is 0. The second-order valence-corrected chi connectivity index (χ2v) is 0.759. The van der Waals surface area contributed by atoms with Crippen molar-refractivity contribution in [3.8, 4) is 0 Å². The first-order valence-electron chi connectivity index (χ1n) is 0.617. The number of halogens is 1. The van der Waals surface area contributed by atoms with Gasteiger partial charge in [-0.3, -0.25) is 4.46 Å². The van der Waals surface area contributed by atoms with E-state index >= 15 is 0 Å². The van der Waals surface area contributed by atoms with E-state index in [1.165, 1.54) is 0 Å². The van der Waals surface area contributed by atoms with Gasteiger partial charge in [0.25, 0.3) is 0 Å². The van der Waals surface area contributed by atoms with Crippen LogP contribution in [0.5, 0.6) is 0 Å². The van der Waals surface area contributed by atoms with Gasteiger partial charge in [0.05, 0.1) is 0 Å². The SMILES string of the molecule is O=[Si](O)F.[H-].[H-].[H-].[H-].[Li+].[Mg+2].[Na+]. The fourth-order valence-corrected chi connectivity index (χ4v) is 0. The van der Waals surface area contributed by atoms with Crippen LogP contribution >= 0.6 is 0 Å². The van der Waals surface area contributed by atoms with Crippen LogP contribution in [0.25, 0.3) is 0 Å². The number of rotatable bonds is 0. The van der Waals surface area contributed by atoms with E-state index in [1.807, 2.05) is 0 Å². The zero-order valence-corrected chi connectivity index (χ0v) is 8.85. The number of hydrogen-bond acceptors (Lipinski definition) is 1. The van der Waals surface area contributed by atoms with Gasteiger partial charge in [0.2, 0.25) is 0 Å². The summed E-state index contributed by atoms with van der Waals surface area (Å²) in [5.74, 6) is 0. The van der Waals surface area contributed by atoms with E-state index in [9.17, 15) is 4.11 Å². The van der Waals surface area contributed by atoms with Gasteiger partial charge in [-0.1, -0.05) is 0 Å². The van der Waals surface area contributed by atoms with Crippen LogP contribution in [-0.2, 0) is 4.46 Å². The van der Waals surface area contributed by atoms with Crippen LogP contribution in [0.4, 0.5) is 4.11 Å². The van der Waals surface area contributed by atoms with Crippen LogP contribution in [-0.4, -0.2) is 37.1 Å². The molecule has 32 valence electrons. The maximum Gasteiger partial charge on any atom is 2.00 e. The van der Waals surface area contributed by atoms with Crippen LogP contribution in [0, 0.1) is 0 Å². The molecule has 0 atom stereocenters. The summed E-state index contributed by atoms with van der Waals surface area (Å²) in [6, 6.07) is 0. The van der Waals surface area contributed by atoms with E-state index in [0.29, 0.717) is 0 Å². The van der Waals surface area contributed by atoms with Crippen molar-refractivity contribution >= 4 is 32.3 Å². The molecular formula is H5FLiMgNaO2Si. The van der Waals surface area contributed by atoms with Crippen LogP contribution in [0.1, 0.15) is 5.71 Å². The largest absolute Gasteiger partial charge is 2.00 e. The smallest absolute Gasteiger partial charge is 1.00 e. The Morgan fingerprint density at radius 1 is 1.71 bits per heavy atom. The molecule has 0 unspecified atom stereocenters. The topological polar surface area (TPSA) is 37.3 Å². The fourth-order valence-electron chi connectivity index (χ4n) is 0. The van der Waals surface area contributed by atoms with Crippen LogP contribution in [0.3, 0.4) is 0 Å². The molecule has 7 heteroatoms. The predicted octanol–water partition coefficient (Wildman–Crippen LogP) is -6.56. The molecule has 0 saturated heterocycles. The Morgan fingerprint density at radius 2 is 1.71 bits per heavy atom. The molecule has 0 aromatic rings. The Labute approximate surface area is 98.8 Å². The van der Waals surface area contributed by atoms with Gasteiger partial charge >= 0.3 is 80.7 Å². The minimum Gasteiger partial charge on any atom is -1.00 e. The van der Waals surface area contributed by atoms with Gasteiger partial charge in [-0.05, 0) is 0 Å². The first-order chi connectivity index (χ1) is 1.73. The third kappa shape index (κ3) is 68.0. The van der Waals surface area contributed by atoms with E-state index in [0.717, 1.165) is 0 Å². The Hall–Kier alpha value is 2.11. The van der Waals surface area contributed by atoms with Gasteiger partial charge in [-0.25, -0.2) is 0 Å². The average Bonchev–Trinajstić information content (AvgIpc) is 0.811. The van der Waals surface area contributed by atoms with Gasteiger partial charge in [0.15, 0.2) is 0 Å². The predicted molar refractivity (Wildman–Crippen MR) is 20.0 cm³/mol. The Balaban J connectivity index is -0.00000000214. The molecule has 0 radical (unpaired) electrons. The maximum absolute atomic E-state index is 10.1. The van der Waals surface area contributed by atoms with Crippen molar-refractivity contribution in [3.63, 3.8) is 0 Å². The number of hydrogen-bond donors (Lipinski definition) is 1. The molecule has 0 amide bonds. The second-order valence-electron chi connectivity index (χ2n) is 0.253. The summed E-state index contributed by atoms with van der Waals surface area (Å²) >= 11 is 0. The third-order valence-corrected chi connectivity index (χ3v) is 0. The summed E-state index contributed by atoms with van der Waals surface area (Å²) in [5.41, 5.74) is 0. The molecule has 0 bridgehead atoms. The van der Waals surface area contributed by atoms with Crippen LogP contribution in [0.2, 0.25) is 0 Å². The molecule has 0 rings (SSSR count). The van der Waals surface area contributed by atoms with Crippen LogP contribution < -0.4 is 48.4 Å². The zero-order chi connectivity index (χ0) is 3.58. The van der Waals surface area contributed by atoms with Crippen molar-refractivity contribution in [2.24, 2.45) is 0 Å². The molecule has 0 saturated carbocycles. The Kier molecular flexibility index (Phi) is 51.5. The molecule has 0 aliphatic heterocycles. The van der Waals surface area contributed by atoms with Crippen molar-refractivity contribution < 1.29 is 67.5 Å². The molecule has 0 aliphatic rings. The van der Waals surface area contributed by atoms with Gasteiger partial charge in [0.1, 0.15) is 0 Å². The summed E-state index contributed by atoms with van der Waals surface area (Å²) in [7, 11) is -3.63. The van der Waals surface area contributed by atoms with Gasteiger partial charge in [0, 0.05) is 0 Å². The van der Waals surface area contributed by atoms with Crippen molar-refractivity contribution in [2.75, 3.05) is 0 Å². The van der Waals surface area contributed by atoms with Crippen molar-refractivity contribution in [1.29, 1.82) is 0 Å². The third-order valence-electron chi connectivity index (χ3n) is 0. The molecule has 2 nitrogen and oxygen atoms in total. The quantitative estimate of drug-likeness (QED) is 0.267. The summed E-state index contributed by atoms with van der Waals surface area (Å²) in [6.45, 7) is 0. The first kappa shape index (κ1) is 22.9. The fraction of sp³-hybridized carbons (Fsp3) is 0. The van der Waals surface area contributed by atoms with E-state index in [-0.39, 0.29) is 77.2 Å². The maximum atomic E-state index is 10.1. The normalized spacial score (nSPS) is 3.57. The van der Waals surface area contributed by atoms with E-state index in [4.69, 9.17) is 9.26 Å². The van der Waals surface area contributed by atoms with E-state index < -0.39 is 9.26 Å². The summed E-state index contributed by atoms with van der Waals surface area (Å²) in [4.78, 5) is 6.94. The molecule has 0 heterocycles. The standard InChI is InChI=1S/FHO2Si.Li.Mg.Na.4H/c1-4(2)3;;;;;;;/h2H;;;;;;;/q;+1;+2;+1;4*-1. The molecule has 0 aliphatic carbocycles. The summed E-state index contributed by atoms with van der Waals surface area (Å²) in [6.07, 6.45) is 0. The molecule has 0 fully saturated rings. The molecule has 0 aromatic carbocycles. The first-order valence-corrected chi connectivity index (χ1v) is 1.85. The van der Waals surface area contributed by atoms with Gasteiger partial charge < -0.3 is 10.5 Å². The molecule has 1 N–H and O–H groups in total. The second kappa shape index (κ2) is 15.7. The van der Waals surface area contributed by atoms with E-state index in [1.54, 1.807) is 0 Å². The molecule has 0 aromatic heterocycles. The summed E-state index contributed by atoms with van der Waals surface area (Å²) in [5, 5.41) is 0. The van der Waals surface area contributed by atoms with Crippen molar-refractivity contribution in [2.45, 2.75) is 0 Å². The Bertz CT molecular complexity index is 51.1. The molecular weight excluding hydrogens is 133 g/mol. The van der Waals surface area contributed by atoms with Gasteiger partial charge in [-0.15, -0.1) is 0 Å². The monoisotopic (exact) mass is 138 g/mol. The van der Waals surface area contributed by atoms with Crippen molar-refractivity contribution in [3.05, 3.63) is 0 Å². The molecule has 7 heavy (non-hydrogen) atoms.